The fraction of sp³-hybridized carbons (Fsp3) is 0.276. The van der Waals surface area contributed by atoms with Crippen molar-refractivity contribution in [2.24, 2.45) is 5.92 Å². The van der Waals surface area contributed by atoms with Gasteiger partial charge in [0.25, 0.3) is 11.8 Å². The number of amides is 2. The highest BCUT2D eigenvalue weighted by molar-refractivity contribution is 6.04. The molecule has 7 nitrogen and oxygen atoms in total. The number of carbonyl (C=O) groups excluding carboxylic acids is 3. The first-order valence-electron chi connectivity index (χ1n) is 12.2. The van der Waals surface area contributed by atoms with Crippen molar-refractivity contribution in [3.8, 4) is 16.9 Å². The number of hydrogen-bond acceptors (Lipinski definition) is 5. The van der Waals surface area contributed by atoms with Crippen molar-refractivity contribution in [1.82, 2.24) is 4.90 Å². The molecule has 0 radical (unpaired) electrons. The average Bonchev–Trinajstić information content (AvgIpc) is 3.18. The Bertz CT molecular complexity index is 1420. The van der Waals surface area contributed by atoms with Crippen LogP contribution >= 0.6 is 0 Å². The Balaban J connectivity index is 1.50. The third-order valence-corrected chi connectivity index (χ3v) is 6.50. The lowest BCUT2D eigenvalue weighted by Crippen LogP contribution is -2.45. The van der Waals surface area contributed by atoms with Gasteiger partial charge in [-0.05, 0) is 77.6 Å². The van der Waals surface area contributed by atoms with Gasteiger partial charge in [-0.25, -0.2) is 4.79 Å². The average molecular weight is 541 g/mol. The van der Waals surface area contributed by atoms with E-state index in [0.29, 0.717) is 17.8 Å². The van der Waals surface area contributed by atoms with Gasteiger partial charge in [0, 0.05) is 23.4 Å². The van der Waals surface area contributed by atoms with Crippen molar-refractivity contribution in [2.45, 2.75) is 39.7 Å². The molecular formula is C29H27F3N2O5. The number of benzene rings is 3. The minimum atomic E-state index is -4.81. The first-order valence-corrected chi connectivity index (χ1v) is 12.2. The monoisotopic (exact) mass is 540 g/mol. The predicted octanol–water partition coefficient (Wildman–Crippen LogP) is 5.97. The van der Waals surface area contributed by atoms with Crippen molar-refractivity contribution in [3.63, 3.8) is 0 Å². The van der Waals surface area contributed by atoms with E-state index in [1.807, 2.05) is 39.0 Å². The number of methoxy groups -OCH3 is 1. The molecule has 1 aliphatic rings. The van der Waals surface area contributed by atoms with Crippen molar-refractivity contribution in [1.29, 1.82) is 0 Å². The maximum Gasteiger partial charge on any atom is 0.573 e. The van der Waals surface area contributed by atoms with Gasteiger partial charge in [0.2, 0.25) is 0 Å². The van der Waals surface area contributed by atoms with Crippen LogP contribution in [-0.2, 0) is 16.1 Å². The zero-order chi connectivity index (χ0) is 28.5. The topological polar surface area (TPSA) is 84.9 Å². The maximum absolute atomic E-state index is 13.2. The highest BCUT2D eigenvalue weighted by Crippen LogP contribution is 2.33. The number of carbonyl (C=O) groups is 3. The van der Waals surface area contributed by atoms with Gasteiger partial charge in [-0.2, -0.15) is 0 Å². The second-order valence-corrected chi connectivity index (χ2v) is 9.57. The summed E-state index contributed by atoms with van der Waals surface area (Å²) in [4.78, 5) is 39.7. The molecule has 39 heavy (non-hydrogen) atoms. The summed E-state index contributed by atoms with van der Waals surface area (Å²) in [6.45, 7) is 5.91. The zero-order valence-corrected chi connectivity index (χ0v) is 21.8. The molecular weight excluding hydrogens is 513 g/mol. The van der Waals surface area contributed by atoms with Gasteiger partial charge in [0.15, 0.2) is 0 Å². The number of halogens is 3. The molecule has 3 aromatic carbocycles. The molecule has 0 aromatic heterocycles. The number of rotatable bonds is 7. The number of esters is 1. The van der Waals surface area contributed by atoms with Crippen LogP contribution in [0.4, 0.5) is 18.9 Å². The lowest BCUT2D eigenvalue weighted by Gasteiger charge is -2.28. The predicted molar refractivity (Wildman–Crippen MR) is 138 cm³/mol. The number of fused-ring (bicyclic) bond motifs is 1. The number of nitrogens with zero attached hydrogens (tertiary/aromatic N) is 1. The van der Waals surface area contributed by atoms with Gasteiger partial charge in [0.05, 0.1) is 7.11 Å². The van der Waals surface area contributed by atoms with Gasteiger partial charge in [-0.1, -0.05) is 32.0 Å². The number of alkyl halides is 3. The second kappa shape index (κ2) is 10.8. The fourth-order valence-electron chi connectivity index (χ4n) is 4.67. The Morgan fingerprint density at radius 1 is 0.974 bits per heavy atom. The van der Waals surface area contributed by atoms with Crippen molar-refractivity contribution < 1.29 is 37.0 Å². The summed E-state index contributed by atoms with van der Waals surface area (Å²) >= 11 is 0. The van der Waals surface area contributed by atoms with E-state index in [9.17, 15) is 27.6 Å². The van der Waals surface area contributed by atoms with E-state index in [1.165, 1.54) is 24.1 Å². The summed E-state index contributed by atoms with van der Waals surface area (Å²) in [5.74, 6) is -1.71. The Kier molecular flexibility index (Phi) is 7.67. The standard InChI is InChI=1S/C29H27F3N2O5/c1-16(2)25(28(37)38-4)34-15-20-6-5-19(14-24(20)27(34)36)23-12-9-21(13-17(23)3)33-26(35)18-7-10-22(11-8-18)39-29(30,31)32/h5-14,16,25H,15H2,1-4H3,(H,33,35)/t25-/m0/s1. The van der Waals surface area contributed by atoms with Crippen molar-refractivity contribution >= 4 is 23.5 Å². The van der Waals surface area contributed by atoms with Crippen LogP contribution < -0.4 is 10.1 Å². The molecule has 1 heterocycles. The summed E-state index contributed by atoms with van der Waals surface area (Å²) in [6, 6.07) is 14.8. The molecule has 0 unspecified atom stereocenters. The Morgan fingerprint density at radius 2 is 1.67 bits per heavy atom. The van der Waals surface area contributed by atoms with Crippen LogP contribution in [0, 0.1) is 12.8 Å². The molecule has 1 atom stereocenters. The number of aryl methyl sites for hydroxylation is 1. The van der Waals surface area contributed by atoms with Crippen molar-refractivity contribution in [3.05, 3.63) is 82.9 Å². The van der Waals surface area contributed by atoms with Gasteiger partial charge in [-0.3, -0.25) is 9.59 Å². The normalized spacial score (nSPS) is 13.7. The third-order valence-electron chi connectivity index (χ3n) is 6.50. The molecule has 0 saturated carbocycles. The lowest BCUT2D eigenvalue weighted by molar-refractivity contribution is -0.274. The van der Waals surface area contributed by atoms with Crippen LogP contribution in [0.5, 0.6) is 5.75 Å². The second-order valence-electron chi connectivity index (χ2n) is 9.57. The van der Waals surface area contributed by atoms with Crippen LogP contribution in [0.3, 0.4) is 0 Å². The van der Waals surface area contributed by atoms with E-state index in [0.717, 1.165) is 34.4 Å². The molecule has 0 aliphatic carbocycles. The van der Waals surface area contributed by atoms with E-state index in [2.05, 4.69) is 10.1 Å². The zero-order valence-electron chi connectivity index (χ0n) is 21.8. The number of nitrogens with one attached hydrogen (secondary N) is 1. The molecule has 0 fully saturated rings. The van der Waals surface area contributed by atoms with Gasteiger partial charge >= 0.3 is 12.3 Å². The van der Waals surface area contributed by atoms with E-state index >= 15 is 0 Å². The molecule has 204 valence electrons. The number of anilines is 1. The molecule has 1 N–H and O–H groups in total. The van der Waals surface area contributed by atoms with Crippen LogP contribution in [-0.4, -0.2) is 42.2 Å². The van der Waals surface area contributed by atoms with E-state index in [4.69, 9.17) is 4.74 Å². The van der Waals surface area contributed by atoms with Gasteiger partial charge in [-0.15, -0.1) is 13.2 Å². The quantitative estimate of drug-likeness (QED) is 0.374. The molecule has 2 amide bonds. The Hall–Kier alpha value is -4.34. The van der Waals surface area contributed by atoms with E-state index < -0.39 is 30.0 Å². The largest absolute Gasteiger partial charge is 0.573 e. The van der Waals surface area contributed by atoms with E-state index in [-0.39, 0.29) is 17.4 Å². The Morgan fingerprint density at radius 3 is 2.26 bits per heavy atom. The summed E-state index contributed by atoms with van der Waals surface area (Å²) in [5.41, 5.74) is 4.50. The van der Waals surface area contributed by atoms with Crippen LogP contribution in [0.25, 0.3) is 11.1 Å². The van der Waals surface area contributed by atoms with Gasteiger partial charge < -0.3 is 19.7 Å². The lowest BCUT2D eigenvalue weighted by atomic mass is 9.96. The molecule has 4 rings (SSSR count). The molecule has 10 heteroatoms. The van der Waals surface area contributed by atoms with Crippen molar-refractivity contribution in [2.75, 3.05) is 12.4 Å². The van der Waals surface area contributed by atoms with E-state index in [1.54, 1.807) is 18.2 Å². The SMILES string of the molecule is COC(=O)[C@H](C(C)C)N1Cc2ccc(-c3ccc(NC(=O)c4ccc(OC(F)(F)F)cc4)cc3C)cc2C1=O. The molecule has 3 aromatic rings. The summed E-state index contributed by atoms with van der Waals surface area (Å²) in [5, 5.41) is 2.73. The first-order chi connectivity index (χ1) is 18.4. The molecule has 0 spiro atoms. The van der Waals surface area contributed by atoms with Crippen LogP contribution in [0.1, 0.15) is 45.7 Å². The first kappa shape index (κ1) is 27.7. The highest BCUT2D eigenvalue weighted by atomic mass is 19.4. The highest BCUT2D eigenvalue weighted by Gasteiger charge is 2.39. The summed E-state index contributed by atoms with van der Waals surface area (Å²) in [7, 11) is 1.31. The molecule has 1 aliphatic heterocycles. The maximum atomic E-state index is 13.2. The smallest absolute Gasteiger partial charge is 0.467 e. The van der Waals surface area contributed by atoms with Gasteiger partial charge in [0.1, 0.15) is 11.8 Å². The number of hydrogen-bond donors (Lipinski definition) is 1. The molecule has 0 bridgehead atoms. The Labute approximate surface area is 223 Å². The molecule has 0 saturated heterocycles. The third kappa shape index (κ3) is 6.05. The van der Waals surface area contributed by atoms with Crippen LogP contribution in [0.2, 0.25) is 0 Å². The summed E-state index contributed by atoms with van der Waals surface area (Å²) in [6.07, 6.45) is -4.81. The minimum absolute atomic E-state index is 0.119. The minimum Gasteiger partial charge on any atom is -0.467 e. The summed E-state index contributed by atoms with van der Waals surface area (Å²) < 4.78 is 45.8. The van der Waals surface area contributed by atoms with Crippen LogP contribution in [0.15, 0.2) is 60.7 Å². The number of ether oxygens (including phenoxy) is 2. The fourth-order valence-corrected chi connectivity index (χ4v) is 4.67.